The first-order chi connectivity index (χ1) is 18.2. The first-order valence-corrected chi connectivity index (χ1v) is 12.5. The zero-order chi connectivity index (χ0) is 25.2. The topological polar surface area (TPSA) is 105 Å². The van der Waals surface area contributed by atoms with E-state index in [1.165, 1.54) is 5.56 Å². The largest absolute Gasteiger partial charge is 0.395 e. The normalized spacial score (nSPS) is 16.3. The van der Waals surface area contributed by atoms with Crippen LogP contribution in [0.4, 0.5) is 5.82 Å². The maximum Gasteiger partial charge on any atom is 0.165 e. The van der Waals surface area contributed by atoms with Gasteiger partial charge >= 0.3 is 0 Å². The molecule has 1 aliphatic heterocycles. The van der Waals surface area contributed by atoms with Crippen molar-refractivity contribution in [1.82, 2.24) is 29.7 Å². The smallest absolute Gasteiger partial charge is 0.165 e. The molecule has 3 aromatic heterocycles. The number of benzene rings is 2. The van der Waals surface area contributed by atoms with Crippen LogP contribution < -0.4 is 11.1 Å². The molecule has 1 atom stereocenters. The van der Waals surface area contributed by atoms with Gasteiger partial charge in [-0.3, -0.25) is 9.47 Å². The third kappa shape index (κ3) is 4.70. The molecule has 1 aliphatic rings. The van der Waals surface area contributed by atoms with Crippen LogP contribution in [0.5, 0.6) is 0 Å². The Morgan fingerprint density at radius 3 is 2.57 bits per heavy atom. The Morgan fingerprint density at radius 1 is 0.946 bits per heavy atom. The Kier molecular flexibility index (Phi) is 6.36. The number of aliphatic hydroxyl groups is 1. The molecule has 186 valence electrons. The number of anilines is 1. The zero-order valence-electron chi connectivity index (χ0n) is 20.5. The van der Waals surface area contributed by atoms with Gasteiger partial charge in [0.2, 0.25) is 0 Å². The number of hydrogen-bond acceptors (Lipinski definition) is 7. The van der Waals surface area contributed by atoms with E-state index >= 15 is 0 Å². The Morgan fingerprint density at radius 2 is 1.78 bits per heavy atom. The summed E-state index contributed by atoms with van der Waals surface area (Å²) < 4.78 is 2.06. The molecule has 1 saturated heterocycles. The lowest BCUT2D eigenvalue weighted by atomic mass is 10.1. The summed E-state index contributed by atoms with van der Waals surface area (Å²) in [5.41, 5.74) is 12.7. The predicted octanol–water partition coefficient (Wildman–Crippen LogP) is 3.50. The van der Waals surface area contributed by atoms with E-state index in [0.29, 0.717) is 11.6 Å². The number of nitrogens with one attached hydrogen (secondary N) is 1. The van der Waals surface area contributed by atoms with Crippen molar-refractivity contribution in [3.8, 4) is 28.3 Å². The minimum Gasteiger partial charge on any atom is -0.395 e. The van der Waals surface area contributed by atoms with Crippen molar-refractivity contribution >= 4 is 17.0 Å². The fraction of sp³-hybridized carbons (Fsp3) is 0.207. The number of imidazole rings is 1. The fourth-order valence-electron chi connectivity index (χ4n) is 4.93. The van der Waals surface area contributed by atoms with Gasteiger partial charge in [-0.2, -0.15) is 0 Å². The number of aromatic nitrogens is 4. The van der Waals surface area contributed by atoms with Crippen molar-refractivity contribution in [3.05, 3.63) is 90.6 Å². The lowest BCUT2D eigenvalue weighted by molar-refractivity contribution is 0.143. The number of pyridine rings is 2. The number of aliphatic hydroxyl groups excluding tert-OH is 1. The molecule has 4 heterocycles. The lowest BCUT2D eigenvalue weighted by Crippen LogP contribution is -2.51. The van der Waals surface area contributed by atoms with Gasteiger partial charge in [0.15, 0.2) is 11.5 Å². The Bertz CT molecular complexity index is 1520. The molecule has 1 unspecified atom stereocenters. The number of nitrogens with zero attached hydrogens (tertiary/aromatic N) is 5. The molecule has 6 rings (SSSR count). The Balaban J connectivity index is 1.42. The van der Waals surface area contributed by atoms with E-state index in [-0.39, 0.29) is 12.6 Å². The van der Waals surface area contributed by atoms with Crippen molar-refractivity contribution in [2.24, 2.45) is 0 Å². The van der Waals surface area contributed by atoms with Gasteiger partial charge in [-0.25, -0.2) is 15.0 Å². The van der Waals surface area contributed by atoms with E-state index < -0.39 is 0 Å². The van der Waals surface area contributed by atoms with Crippen molar-refractivity contribution in [3.63, 3.8) is 0 Å². The van der Waals surface area contributed by atoms with Crippen LogP contribution in [0.15, 0.2) is 85.1 Å². The van der Waals surface area contributed by atoms with Crippen LogP contribution in [0.2, 0.25) is 0 Å². The number of piperazine rings is 1. The standard InChI is InChI=1S/C29H29N7O/c30-27-24(7-4-14-32-27)28-34-26-13-12-25(21-5-2-1-3-6-21)33-29(26)36(28)23-10-8-20(9-11-23)17-35-16-15-31-22(18-35)19-37/h1-14,22,31,37H,15-19H2,(H2,30,32). The second-order valence-electron chi connectivity index (χ2n) is 9.35. The number of nitrogen functional groups attached to an aromatic ring is 1. The van der Waals surface area contributed by atoms with Crippen LogP contribution in [-0.4, -0.2) is 61.8 Å². The van der Waals surface area contributed by atoms with Crippen LogP contribution in [-0.2, 0) is 6.54 Å². The van der Waals surface area contributed by atoms with E-state index in [0.717, 1.165) is 59.9 Å². The predicted molar refractivity (Wildman–Crippen MR) is 146 cm³/mol. The fourth-order valence-corrected chi connectivity index (χ4v) is 4.93. The first kappa shape index (κ1) is 23.3. The summed E-state index contributed by atoms with van der Waals surface area (Å²) in [6, 6.07) is 26.6. The molecule has 0 radical (unpaired) electrons. The second-order valence-corrected chi connectivity index (χ2v) is 9.35. The highest BCUT2D eigenvalue weighted by atomic mass is 16.3. The van der Waals surface area contributed by atoms with E-state index in [9.17, 15) is 5.11 Å². The average molecular weight is 492 g/mol. The minimum absolute atomic E-state index is 0.128. The van der Waals surface area contributed by atoms with Gasteiger partial charge in [0.25, 0.3) is 0 Å². The van der Waals surface area contributed by atoms with Gasteiger partial charge in [0, 0.05) is 49.7 Å². The van der Waals surface area contributed by atoms with Crippen molar-refractivity contribution in [2.75, 3.05) is 32.0 Å². The van der Waals surface area contributed by atoms with E-state index in [1.807, 2.05) is 42.5 Å². The van der Waals surface area contributed by atoms with E-state index in [4.69, 9.17) is 15.7 Å². The highest BCUT2D eigenvalue weighted by Crippen LogP contribution is 2.31. The SMILES string of the molecule is Nc1ncccc1-c1nc2ccc(-c3ccccc3)nc2n1-c1ccc(CN2CCNC(CO)C2)cc1. The molecule has 0 aliphatic carbocycles. The number of nitrogens with two attached hydrogens (primary N) is 1. The molecule has 0 saturated carbocycles. The van der Waals surface area contributed by atoms with Crippen LogP contribution in [0.1, 0.15) is 5.56 Å². The first-order valence-electron chi connectivity index (χ1n) is 12.5. The van der Waals surface area contributed by atoms with Gasteiger partial charge in [0.1, 0.15) is 11.3 Å². The molecule has 8 heteroatoms. The molecule has 37 heavy (non-hydrogen) atoms. The summed E-state index contributed by atoms with van der Waals surface area (Å²) >= 11 is 0. The molecule has 0 bridgehead atoms. The van der Waals surface area contributed by atoms with Gasteiger partial charge in [-0.15, -0.1) is 0 Å². The Hall–Kier alpha value is -4.11. The summed E-state index contributed by atoms with van der Waals surface area (Å²) in [7, 11) is 0. The van der Waals surface area contributed by atoms with E-state index in [1.54, 1.807) is 6.20 Å². The van der Waals surface area contributed by atoms with E-state index in [2.05, 4.69) is 56.2 Å². The monoisotopic (exact) mass is 491 g/mol. The third-order valence-electron chi connectivity index (χ3n) is 6.81. The third-order valence-corrected chi connectivity index (χ3v) is 6.81. The number of rotatable bonds is 6. The minimum atomic E-state index is 0.128. The second kappa shape index (κ2) is 10.1. The van der Waals surface area contributed by atoms with Crippen LogP contribution in [0.25, 0.3) is 39.5 Å². The number of hydrogen-bond donors (Lipinski definition) is 3. The summed E-state index contributed by atoms with van der Waals surface area (Å²) in [5.74, 6) is 1.13. The van der Waals surface area contributed by atoms with Gasteiger partial charge < -0.3 is 16.2 Å². The van der Waals surface area contributed by atoms with Gasteiger partial charge in [-0.1, -0.05) is 42.5 Å². The van der Waals surface area contributed by atoms with Crippen molar-refractivity contribution in [1.29, 1.82) is 0 Å². The van der Waals surface area contributed by atoms with Crippen molar-refractivity contribution < 1.29 is 5.11 Å². The molecule has 5 aromatic rings. The zero-order valence-corrected chi connectivity index (χ0v) is 20.5. The van der Waals surface area contributed by atoms with Crippen LogP contribution in [0.3, 0.4) is 0 Å². The highest BCUT2D eigenvalue weighted by molar-refractivity contribution is 5.84. The maximum atomic E-state index is 9.52. The maximum absolute atomic E-state index is 9.52. The quantitative estimate of drug-likeness (QED) is 0.334. The summed E-state index contributed by atoms with van der Waals surface area (Å²) in [5, 5.41) is 12.9. The number of fused-ring (bicyclic) bond motifs is 1. The summed E-state index contributed by atoms with van der Waals surface area (Å²) in [6.45, 7) is 3.67. The molecular weight excluding hydrogens is 462 g/mol. The van der Waals surface area contributed by atoms with Gasteiger partial charge in [-0.05, 0) is 42.0 Å². The van der Waals surface area contributed by atoms with Crippen molar-refractivity contribution in [2.45, 2.75) is 12.6 Å². The lowest BCUT2D eigenvalue weighted by Gasteiger charge is -2.32. The summed E-state index contributed by atoms with van der Waals surface area (Å²) in [6.07, 6.45) is 1.68. The molecule has 2 aromatic carbocycles. The molecule has 8 nitrogen and oxygen atoms in total. The molecule has 4 N–H and O–H groups in total. The highest BCUT2D eigenvalue weighted by Gasteiger charge is 2.20. The molecule has 0 amide bonds. The van der Waals surface area contributed by atoms with Crippen LogP contribution >= 0.6 is 0 Å². The molecule has 1 fully saturated rings. The van der Waals surface area contributed by atoms with Gasteiger partial charge in [0.05, 0.1) is 17.9 Å². The molecular formula is C29H29N7O. The molecule has 0 spiro atoms. The Labute approximate surface area is 215 Å². The summed E-state index contributed by atoms with van der Waals surface area (Å²) in [4.78, 5) is 16.6. The van der Waals surface area contributed by atoms with Crippen LogP contribution in [0, 0.1) is 0 Å². The average Bonchev–Trinajstić information content (AvgIpc) is 3.33.